The zero-order valence-electron chi connectivity index (χ0n) is 17.0. The number of carbonyl (C=O) groups excluding carboxylic acids is 1. The molecule has 0 bridgehead atoms. The van der Waals surface area contributed by atoms with E-state index >= 15 is 0 Å². The first-order valence-electron chi connectivity index (χ1n) is 10.5. The molecule has 3 aromatic rings. The number of aliphatic hydroxyl groups is 1. The van der Waals surface area contributed by atoms with E-state index in [9.17, 15) is 9.90 Å². The fourth-order valence-electron chi connectivity index (χ4n) is 4.47. The third kappa shape index (κ3) is 3.68. The van der Waals surface area contributed by atoms with Gasteiger partial charge in [0.05, 0.1) is 18.3 Å². The van der Waals surface area contributed by atoms with Crippen LogP contribution in [-0.2, 0) is 4.74 Å². The van der Waals surface area contributed by atoms with Crippen molar-refractivity contribution in [2.75, 3.05) is 13.2 Å². The van der Waals surface area contributed by atoms with E-state index in [1.54, 1.807) is 6.20 Å². The highest BCUT2D eigenvalue weighted by molar-refractivity contribution is 5.80. The Hall–Kier alpha value is -3.57. The molecule has 155 valence electrons. The zero-order chi connectivity index (χ0) is 21.2. The number of hydrogen-bond donors (Lipinski definition) is 2. The molecule has 0 saturated heterocycles. The Morgan fingerprint density at radius 1 is 0.935 bits per heavy atom. The number of rotatable bonds is 6. The van der Waals surface area contributed by atoms with Crippen LogP contribution in [0.4, 0.5) is 10.5 Å². The first-order valence-corrected chi connectivity index (χ1v) is 10.5. The van der Waals surface area contributed by atoms with Gasteiger partial charge < -0.3 is 15.2 Å². The quantitative estimate of drug-likeness (QED) is 0.624. The second kappa shape index (κ2) is 8.28. The van der Waals surface area contributed by atoms with E-state index in [1.165, 1.54) is 22.3 Å². The maximum Gasteiger partial charge on any atom is 0.407 e. The van der Waals surface area contributed by atoms with Crippen molar-refractivity contribution in [3.8, 4) is 11.1 Å². The first kappa shape index (κ1) is 19.4. The summed E-state index contributed by atoms with van der Waals surface area (Å²) in [5.41, 5.74) is 7.67. The van der Waals surface area contributed by atoms with Gasteiger partial charge in [0.1, 0.15) is 6.61 Å². The molecule has 1 radical (unpaired) electrons. The highest BCUT2D eigenvalue weighted by Gasteiger charge is 2.29. The van der Waals surface area contributed by atoms with Gasteiger partial charge in [0.15, 0.2) is 0 Å². The summed E-state index contributed by atoms with van der Waals surface area (Å²) in [5.74, 6) is 0.00828. The summed E-state index contributed by atoms with van der Waals surface area (Å²) in [6.07, 6.45) is 1.76. The molecule has 0 saturated carbocycles. The Morgan fingerprint density at radius 3 is 2.23 bits per heavy atom. The average molecular weight is 411 g/mol. The Kier molecular flexibility index (Phi) is 5.18. The van der Waals surface area contributed by atoms with Gasteiger partial charge in [-0.3, -0.25) is 5.32 Å². The van der Waals surface area contributed by atoms with Crippen LogP contribution >= 0.6 is 0 Å². The van der Waals surface area contributed by atoms with Crippen molar-refractivity contribution in [3.63, 3.8) is 0 Å². The standard InChI is InChI=1S/C26H23N2O3/c29-15-18(13-17-14-27-25-12-6-5-7-19(17)25)28-26(30)31-16-24-22-10-3-1-8-20(22)21-9-2-4-11-23(21)24/h1-12,14,18,24,29H,13,15-16H2,(H,28,30). The van der Waals surface area contributed by atoms with E-state index in [0.29, 0.717) is 6.42 Å². The van der Waals surface area contributed by atoms with E-state index in [4.69, 9.17) is 4.74 Å². The van der Waals surface area contributed by atoms with Crippen LogP contribution in [-0.4, -0.2) is 30.5 Å². The third-order valence-electron chi connectivity index (χ3n) is 5.96. The summed E-state index contributed by atoms with van der Waals surface area (Å²) >= 11 is 0. The van der Waals surface area contributed by atoms with Crippen LogP contribution in [0.1, 0.15) is 29.0 Å². The molecule has 5 rings (SSSR count). The predicted octanol–water partition coefficient (Wildman–Crippen LogP) is 4.57. The molecule has 1 aliphatic heterocycles. The minimum atomic E-state index is -0.523. The van der Waals surface area contributed by atoms with Crippen LogP contribution in [0.3, 0.4) is 0 Å². The lowest BCUT2D eigenvalue weighted by atomic mass is 9.98. The molecule has 1 unspecified atom stereocenters. The van der Waals surface area contributed by atoms with Gasteiger partial charge in [-0.25, -0.2) is 4.79 Å². The fourth-order valence-corrected chi connectivity index (χ4v) is 4.47. The zero-order valence-corrected chi connectivity index (χ0v) is 17.0. The van der Waals surface area contributed by atoms with Crippen molar-refractivity contribution in [1.82, 2.24) is 10.6 Å². The van der Waals surface area contributed by atoms with Gasteiger partial charge in [-0.15, -0.1) is 0 Å². The average Bonchev–Trinajstić information content (AvgIpc) is 3.36. The molecule has 1 heterocycles. The van der Waals surface area contributed by atoms with Crippen LogP contribution in [0.5, 0.6) is 0 Å². The van der Waals surface area contributed by atoms with E-state index in [1.807, 2.05) is 48.5 Å². The lowest BCUT2D eigenvalue weighted by Crippen LogP contribution is -2.38. The Labute approximate surface area is 181 Å². The monoisotopic (exact) mass is 411 g/mol. The summed E-state index contributed by atoms with van der Waals surface area (Å²) in [7, 11) is 0. The molecule has 0 aromatic heterocycles. The number of hydrogen-bond acceptors (Lipinski definition) is 3. The van der Waals surface area contributed by atoms with Gasteiger partial charge in [0, 0.05) is 17.7 Å². The Balaban J connectivity index is 1.23. The largest absolute Gasteiger partial charge is 0.449 e. The molecule has 1 atom stereocenters. The molecule has 5 nitrogen and oxygen atoms in total. The van der Waals surface area contributed by atoms with E-state index in [0.717, 1.165) is 16.8 Å². The number of para-hydroxylation sites is 1. The smallest absolute Gasteiger partial charge is 0.407 e. The second-order valence-electron chi connectivity index (χ2n) is 7.85. The van der Waals surface area contributed by atoms with Gasteiger partial charge in [-0.2, -0.15) is 0 Å². The normalized spacial score (nSPS) is 14.7. The number of carbonyl (C=O) groups is 1. The van der Waals surface area contributed by atoms with Crippen molar-refractivity contribution in [2.45, 2.75) is 18.4 Å². The van der Waals surface area contributed by atoms with Crippen LogP contribution in [0.15, 0.2) is 79.0 Å². The lowest BCUT2D eigenvalue weighted by molar-refractivity contribution is 0.133. The Bertz CT molecular complexity index is 1110. The summed E-state index contributed by atoms with van der Waals surface area (Å²) in [6, 6.07) is 23.9. The number of amides is 1. The first-order chi connectivity index (χ1) is 15.2. The van der Waals surface area contributed by atoms with Crippen molar-refractivity contribution in [2.24, 2.45) is 0 Å². The summed E-state index contributed by atoms with van der Waals surface area (Å²) in [6.45, 7) is 0.0720. The van der Waals surface area contributed by atoms with E-state index < -0.39 is 12.1 Å². The molecule has 1 amide bonds. The van der Waals surface area contributed by atoms with E-state index in [2.05, 4.69) is 34.9 Å². The van der Waals surface area contributed by atoms with Crippen LogP contribution in [0.2, 0.25) is 0 Å². The number of nitrogens with one attached hydrogen (secondary N) is 1. The molecular formula is C26H23N2O3. The molecule has 0 spiro atoms. The number of aliphatic hydroxyl groups excluding tert-OH is 1. The number of benzene rings is 3. The fraction of sp³-hybridized carbons (Fsp3) is 0.192. The number of fused-ring (bicyclic) bond motifs is 4. The molecule has 2 aliphatic rings. The van der Waals surface area contributed by atoms with Crippen LogP contribution in [0.25, 0.3) is 16.7 Å². The Morgan fingerprint density at radius 2 is 1.55 bits per heavy atom. The van der Waals surface area contributed by atoms with Gasteiger partial charge in [-0.1, -0.05) is 66.7 Å². The van der Waals surface area contributed by atoms with Crippen molar-refractivity contribution in [3.05, 3.63) is 95.7 Å². The van der Waals surface area contributed by atoms with Gasteiger partial charge in [-0.05, 0) is 40.3 Å². The molecule has 5 heteroatoms. The highest BCUT2D eigenvalue weighted by Crippen LogP contribution is 2.44. The maximum atomic E-state index is 12.5. The summed E-state index contributed by atoms with van der Waals surface area (Å²) in [4.78, 5) is 12.5. The van der Waals surface area contributed by atoms with Gasteiger partial charge in [0.2, 0.25) is 0 Å². The molecule has 3 aromatic carbocycles. The van der Waals surface area contributed by atoms with Crippen LogP contribution < -0.4 is 10.6 Å². The minimum Gasteiger partial charge on any atom is -0.449 e. The molecule has 1 aliphatic carbocycles. The topological polar surface area (TPSA) is 72.7 Å². The maximum absolute atomic E-state index is 12.5. The molecule has 31 heavy (non-hydrogen) atoms. The van der Waals surface area contributed by atoms with Gasteiger partial charge >= 0.3 is 6.09 Å². The van der Waals surface area contributed by atoms with Crippen molar-refractivity contribution < 1.29 is 14.6 Å². The number of alkyl carbamates (subject to hydrolysis) is 1. The van der Waals surface area contributed by atoms with Gasteiger partial charge in [0.25, 0.3) is 0 Å². The second-order valence-corrected chi connectivity index (χ2v) is 7.85. The van der Waals surface area contributed by atoms with Crippen LogP contribution in [0, 0.1) is 0 Å². The summed E-state index contributed by atoms with van der Waals surface area (Å²) < 4.78 is 5.60. The van der Waals surface area contributed by atoms with Crippen molar-refractivity contribution >= 4 is 17.4 Å². The number of ether oxygens (including phenoxy) is 1. The molecule has 2 N–H and O–H groups in total. The lowest BCUT2D eigenvalue weighted by Gasteiger charge is -2.19. The van der Waals surface area contributed by atoms with E-state index in [-0.39, 0.29) is 19.1 Å². The third-order valence-corrected chi connectivity index (χ3v) is 5.96. The number of nitrogens with zero attached hydrogens (tertiary/aromatic N) is 1. The SMILES string of the molecule is O=C(NC(CO)CC1=C[N]c2ccccc21)OCC1c2ccccc2-c2ccccc21. The minimum absolute atomic E-state index is 0.00828. The predicted molar refractivity (Wildman–Crippen MR) is 120 cm³/mol. The van der Waals surface area contributed by atoms with Crippen molar-refractivity contribution in [1.29, 1.82) is 0 Å². The molecular weight excluding hydrogens is 388 g/mol. The highest BCUT2D eigenvalue weighted by atomic mass is 16.5. The summed E-state index contributed by atoms with van der Waals surface area (Å²) in [5, 5.41) is 17.0. The molecule has 0 fully saturated rings.